The molecule has 0 bridgehead atoms. The van der Waals surface area contributed by atoms with Gasteiger partial charge in [-0.3, -0.25) is 4.90 Å². The highest BCUT2D eigenvalue weighted by Crippen LogP contribution is 2.24. The first-order valence-corrected chi connectivity index (χ1v) is 6.86. The highest BCUT2D eigenvalue weighted by atomic mass is 19.1. The molecule has 2 rings (SSSR count). The van der Waals surface area contributed by atoms with Gasteiger partial charge in [-0.2, -0.15) is 0 Å². The fraction of sp³-hybridized carbons (Fsp3) is 0.600. The van der Waals surface area contributed by atoms with Crippen molar-refractivity contribution in [3.63, 3.8) is 0 Å². The highest BCUT2D eigenvalue weighted by molar-refractivity contribution is 5.30. The van der Waals surface area contributed by atoms with Gasteiger partial charge in [0.1, 0.15) is 5.82 Å². The van der Waals surface area contributed by atoms with E-state index >= 15 is 0 Å². The van der Waals surface area contributed by atoms with Gasteiger partial charge >= 0.3 is 0 Å². The smallest absolute Gasteiger partial charge is 0.123 e. The molecule has 1 saturated heterocycles. The second kappa shape index (κ2) is 5.99. The molecular formula is C15H23FN2O. The van der Waals surface area contributed by atoms with E-state index in [0.29, 0.717) is 12.6 Å². The Balaban J connectivity index is 2.12. The Labute approximate surface area is 114 Å². The van der Waals surface area contributed by atoms with Crippen LogP contribution in [0.25, 0.3) is 0 Å². The largest absolute Gasteiger partial charge is 0.374 e. The number of rotatable bonds is 3. The number of aryl methyl sites for hydroxylation is 1. The average molecular weight is 266 g/mol. The maximum atomic E-state index is 13.1. The minimum atomic E-state index is -0.221. The average Bonchev–Trinajstić information content (AvgIpc) is 2.38. The lowest BCUT2D eigenvalue weighted by Gasteiger charge is -2.38. The van der Waals surface area contributed by atoms with Gasteiger partial charge in [0.2, 0.25) is 0 Å². The number of hydrogen-bond donors (Lipinski definition) is 1. The first-order valence-electron chi connectivity index (χ1n) is 6.86. The second-order valence-electron chi connectivity index (χ2n) is 5.52. The molecular weight excluding hydrogens is 243 g/mol. The van der Waals surface area contributed by atoms with E-state index in [2.05, 4.69) is 18.7 Å². The molecule has 0 spiro atoms. The molecule has 2 N–H and O–H groups in total. The number of nitrogens with zero attached hydrogens (tertiary/aromatic N) is 1. The number of hydrogen-bond acceptors (Lipinski definition) is 3. The van der Waals surface area contributed by atoms with E-state index < -0.39 is 0 Å². The van der Waals surface area contributed by atoms with Crippen molar-refractivity contribution in [2.45, 2.75) is 39.0 Å². The molecule has 0 radical (unpaired) electrons. The normalized spacial score (nSPS) is 22.7. The molecule has 106 valence electrons. The Hall–Kier alpha value is -0.970. The number of benzene rings is 1. The van der Waals surface area contributed by atoms with E-state index in [1.165, 1.54) is 12.1 Å². The van der Waals surface area contributed by atoms with Crippen molar-refractivity contribution < 1.29 is 9.13 Å². The Morgan fingerprint density at radius 2 is 2.16 bits per heavy atom. The lowest BCUT2D eigenvalue weighted by molar-refractivity contribution is -0.0503. The Morgan fingerprint density at radius 3 is 2.79 bits per heavy atom. The van der Waals surface area contributed by atoms with Crippen LogP contribution in [0, 0.1) is 12.7 Å². The molecule has 1 aliphatic rings. The van der Waals surface area contributed by atoms with Gasteiger partial charge in [0.15, 0.2) is 0 Å². The molecule has 1 aliphatic heterocycles. The summed E-state index contributed by atoms with van der Waals surface area (Å²) in [5.74, 6) is -0.221. The summed E-state index contributed by atoms with van der Waals surface area (Å²) in [6, 6.07) is 5.05. The molecule has 4 heteroatoms. The van der Waals surface area contributed by atoms with Crippen molar-refractivity contribution in [1.82, 2.24) is 4.90 Å². The van der Waals surface area contributed by atoms with E-state index in [-0.39, 0.29) is 18.0 Å². The van der Waals surface area contributed by atoms with Crippen LogP contribution in [0.4, 0.5) is 4.39 Å². The zero-order valence-corrected chi connectivity index (χ0v) is 11.9. The quantitative estimate of drug-likeness (QED) is 0.912. The first-order chi connectivity index (χ1) is 8.99. The zero-order chi connectivity index (χ0) is 14.0. The summed E-state index contributed by atoms with van der Waals surface area (Å²) in [5, 5.41) is 0. The molecule has 2 unspecified atom stereocenters. The number of nitrogens with two attached hydrogens (primary N) is 1. The summed E-state index contributed by atoms with van der Waals surface area (Å²) < 4.78 is 18.9. The summed E-state index contributed by atoms with van der Waals surface area (Å²) in [7, 11) is 0. The number of ether oxygens (including phenoxy) is 1. The van der Waals surface area contributed by atoms with Crippen molar-refractivity contribution in [2.24, 2.45) is 5.73 Å². The van der Waals surface area contributed by atoms with Crippen molar-refractivity contribution in [1.29, 1.82) is 0 Å². The fourth-order valence-electron chi connectivity index (χ4n) is 2.60. The van der Waals surface area contributed by atoms with Crippen LogP contribution >= 0.6 is 0 Å². The van der Waals surface area contributed by atoms with E-state index in [9.17, 15) is 4.39 Å². The first kappa shape index (κ1) is 14.4. The van der Waals surface area contributed by atoms with Crippen LogP contribution in [0.15, 0.2) is 18.2 Å². The topological polar surface area (TPSA) is 38.5 Å². The molecule has 1 heterocycles. The van der Waals surface area contributed by atoms with Gasteiger partial charge in [-0.25, -0.2) is 4.39 Å². The molecule has 1 aromatic rings. The molecule has 0 saturated carbocycles. The predicted molar refractivity (Wildman–Crippen MR) is 74.5 cm³/mol. The van der Waals surface area contributed by atoms with Gasteiger partial charge in [-0.05, 0) is 44.0 Å². The molecule has 19 heavy (non-hydrogen) atoms. The minimum Gasteiger partial charge on any atom is -0.374 e. The fourth-order valence-corrected chi connectivity index (χ4v) is 2.60. The SMILES string of the molecule is Cc1cc(F)ccc1C(N)C1CN(C(C)C)CCO1. The zero-order valence-electron chi connectivity index (χ0n) is 11.9. The maximum absolute atomic E-state index is 13.1. The lowest BCUT2D eigenvalue weighted by atomic mass is 9.96. The summed E-state index contributed by atoms with van der Waals surface area (Å²) in [5.41, 5.74) is 8.17. The maximum Gasteiger partial charge on any atom is 0.123 e. The van der Waals surface area contributed by atoms with Gasteiger partial charge in [0.25, 0.3) is 0 Å². The minimum absolute atomic E-state index is 0.0275. The van der Waals surface area contributed by atoms with Crippen molar-refractivity contribution in [2.75, 3.05) is 19.7 Å². The standard InChI is InChI=1S/C15H23FN2O/c1-10(2)18-6-7-19-14(9-18)15(17)13-5-4-12(16)8-11(13)3/h4-5,8,10,14-15H,6-7,9,17H2,1-3H3. The van der Waals surface area contributed by atoms with E-state index in [4.69, 9.17) is 10.5 Å². The van der Waals surface area contributed by atoms with Crippen LogP contribution in [-0.4, -0.2) is 36.7 Å². The Morgan fingerprint density at radius 1 is 1.42 bits per heavy atom. The van der Waals surface area contributed by atoms with E-state index in [1.807, 2.05) is 6.92 Å². The van der Waals surface area contributed by atoms with Gasteiger partial charge in [-0.1, -0.05) is 6.07 Å². The van der Waals surface area contributed by atoms with Crippen LogP contribution in [0.5, 0.6) is 0 Å². The van der Waals surface area contributed by atoms with E-state index in [0.717, 1.165) is 24.2 Å². The monoisotopic (exact) mass is 266 g/mol. The number of morpholine rings is 1. The van der Waals surface area contributed by atoms with Crippen LogP contribution in [0.3, 0.4) is 0 Å². The summed E-state index contributed by atoms with van der Waals surface area (Å²) in [6.45, 7) is 8.73. The van der Waals surface area contributed by atoms with Crippen LogP contribution in [0.2, 0.25) is 0 Å². The molecule has 3 nitrogen and oxygen atoms in total. The van der Waals surface area contributed by atoms with Crippen molar-refractivity contribution in [3.05, 3.63) is 35.1 Å². The van der Waals surface area contributed by atoms with Gasteiger partial charge in [0.05, 0.1) is 18.8 Å². The number of halogens is 1. The lowest BCUT2D eigenvalue weighted by Crippen LogP contribution is -2.49. The Kier molecular flexibility index (Phi) is 4.55. The Bertz CT molecular complexity index is 436. The van der Waals surface area contributed by atoms with Crippen LogP contribution in [0.1, 0.15) is 31.0 Å². The van der Waals surface area contributed by atoms with Crippen molar-refractivity contribution >= 4 is 0 Å². The van der Waals surface area contributed by atoms with Gasteiger partial charge in [-0.15, -0.1) is 0 Å². The third kappa shape index (κ3) is 3.32. The van der Waals surface area contributed by atoms with Gasteiger partial charge in [0, 0.05) is 19.1 Å². The third-order valence-electron chi connectivity index (χ3n) is 3.85. The van der Waals surface area contributed by atoms with Crippen LogP contribution < -0.4 is 5.73 Å². The van der Waals surface area contributed by atoms with Crippen molar-refractivity contribution in [3.8, 4) is 0 Å². The molecule has 0 aromatic heterocycles. The molecule has 1 aromatic carbocycles. The second-order valence-corrected chi connectivity index (χ2v) is 5.52. The van der Waals surface area contributed by atoms with E-state index in [1.54, 1.807) is 6.07 Å². The molecule has 2 atom stereocenters. The van der Waals surface area contributed by atoms with Gasteiger partial charge < -0.3 is 10.5 Å². The summed E-state index contributed by atoms with van der Waals surface area (Å²) in [4.78, 5) is 2.37. The predicted octanol–water partition coefficient (Wildman–Crippen LogP) is 2.24. The summed E-state index contributed by atoms with van der Waals surface area (Å²) in [6.07, 6.45) is -0.0275. The molecule has 0 amide bonds. The van der Waals surface area contributed by atoms with Crippen LogP contribution in [-0.2, 0) is 4.74 Å². The highest BCUT2D eigenvalue weighted by Gasteiger charge is 2.28. The molecule has 1 fully saturated rings. The molecule has 0 aliphatic carbocycles. The third-order valence-corrected chi connectivity index (χ3v) is 3.85. The summed E-state index contributed by atoms with van der Waals surface area (Å²) >= 11 is 0.